The summed E-state index contributed by atoms with van der Waals surface area (Å²) >= 11 is 0. The van der Waals surface area contributed by atoms with Gasteiger partial charge in [0.1, 0.15) is 0 Å². The number of aliphatic hydroxyl groups excluding tert-OH is 1. The number of aliphatic hydroxyl groups is 1. The van der Waals surface area contributed by atoms with Crippen LogP contribution < -0.4 is 11.1 Å². The summed E-state index contributed by atoms with van der Waals surface area (Å²) in [5.74, 6) is 0.173. The molecule has 92 valence electrons. The zero-order valence-corrected chi connectivity index (χ0v) is 10.1. The summed E-state index contributed by atoms with van der Waals surface area (Å²) in [6.45, 7) is 4.17. The molecule has 17 heavy (non-hydrogen) atoms. The normalized spacial score (nSPS) is 14.8. The summed E-state index contributed by atoms with van der Waals surface area (Å²) in [6, 6.07) is 3.98. The van der Waals surface area contributed by atoms with Crippen molar-refractivity contribution in [3.8, 4) is 0 Å². The monoisotopic (exact) mass is 234 g/mol. The van der Waals surface area contributed by atoms with E-state index >= 15 is 0 Å². The van der Waals surface area contributed by atoms with Crippen molar-refractivity contribution in [1.82, 2.24) is 10.2 Å². The topological polar surface area (TPSA) is 87.0 Å². The first-order chi connectivity index (χ1) is 8.11. The molecule has 0 aliphatic rings. The number of anilines is 2. The van der Waals surface area contributed by atoms with Crippen molar-refractivity contribution in [2.24, 2.45) is 5.92 Å². The van der Waals surface area contributed by atoms with Gasteiger partial charge in [0.25, 0.3) is 0 Å². The van der Waals surface area contributed by atoms with Crippen LogP contribution in [-0.4, -0.2) is 28.0 Å². The molecule has 0 aliphatic carbocycles. The molecule has 5 nitrogen and oxygen atoms in total. The first-order valence-corrected chi connectivity index (χ1v) is 5.72. The smallest absolute Gasteiger partial charge is 0.0672 e. The largest absolute Gasteiger partial charge is 0.397 e. The predicted octanol–water partition coefficient (Wildman–Crippen LogP) is 1.57. The van der Waals surface area contributed by atoms with E-state index < -0.39 is 0 Å². The molecule has 0 aliphatic heterocycles. The number of nitrogen functional groups attached to an aromatic ring is 1. The van der Waals surface area contributed by atoms with E-state index in [9.17, 15) is 0 Å². The standard InChI is InChI=1S/C12H18N4O/c1-7(6-17)8(2)15-12-4-11-9(3-10(12)13)5-14-16-11/h3-5,7-8,15,17H,6,13H2,1-2H3,(H,14,16). The van der Waals surface area contributed by atoms with Crippen molar-refractivity contribution in [3.05, 3.63) is 18.3 Å². The minimum Gasteiger partial charge on any atom is -0.397 e. The molecule has 0 saturated carbocycles. The van der Waals surface area contributed by atoms with Gasteiger partial charge in [-0.05, 0) is 25.0 Å². The summed E-state index contributed by atoms with van der Waals surface area (Å²) < 4.78 is 0. The number of nitrogens with one attached hydrogen (secondary N) is 2. The average molecular weight is 234 g/mol. The van der Waals surface area contributed by atoms with Crippen LogP contribution in [0, 0.1) is 5.92 Å². The van der Waals surface area contributed by atoms with E-state index in [4.69, 9.17) is 10.8 Å². The lowest BCUT2D eigenvalue weighted by Gasteiger charge is -2.21. The van der Waals surface area contributed by atoms with E-state index in [-0.39, 0.29) is 18.6 Å². The first kappa shape index (κ1) is 11.7. The molecule has 0 radical (unpaired) electrons. The number of aromatic amines is 1. The molecule has 2 rings (SSSR count). The van der Waals surface area contributed by atoms with Crippen molar-refractivity contribution in [3.63, 3.8) is 0 Å². The lowest BCUT2D eigenvalue weighted by atomic mass is 10.0. The highest BCUT2D eigenvalue weighted by molar-refractivity contribution is 5.88. The molecule has 1 aromatic heterocycles. The van der Waals surface area contributed by atoms with Gasteiger partial charge in [-0.15, -0.1) is 0 Å². The number of benzene rings is 1. The lowest BCUT2D eigenvalue weighted by molar-refractivity contribution is 0.226. The maximum absolute atomic E-state index is 9.10. The average Bonchev–Trinajstić information content (AvgIpc) is 2.75. The maximum atomic E-state index is 9.10. The molecule has 2 atom stereocenters. The minimum atomic E-state index is 0.153. The van der Waals surface area contributed by atoms with E-state index in [1.54, 1.807) is 6.20 Å². The Labute approximate surface area is 100 Å². The SMILES string of the molecule is CC(CO)C(C)Nc1cc2[nH]ncc2cc1N. The van der Waals surface area contributed by atoms with Gasteiger partial charge in [-0.25, -0.2) is 0 Å². The molecule has 5 heteroatoms. The lowest BCUT2D eigenvalue weighted by Crippen LogP contribution is -2.26. The van der Waals surface area contributed by atoms with Gasteiger partial charge in [0.15, 0.2) is 0 Å². The van der Waals surface area contributed by atoms with Crippen LogP contribution in [-0.2, 0) is 0 Å². The van der Waals surface area contributed by atoms with Crippen LogP contribution in [0.3, 0.4) is 0 Å². The van der Waals surface area contributed by atoms with Crippen LogP contribution in [0.2, 0.25) is 0 Å². The fourth-order valence-electron chi connectivity index (χ4n) is 1.68. The molecule has 1 heterocycles. The Balaban J connectivity index is 2.25. The van der Waals surface area contributed by atoms with Gasteiger partial charge >= 0.3 is 0 Å². The number of hydrogen-bond acceptors (Lipinski definition) is 4. The maximum Gasteiger partial charge on any atom is 0.0672 e. The predicted molar refractivity (Wildman–Crippen MR) is 69.8 cm³/mol. The summed E-state index contributed by atoms with van der Waals surface area (Å²) in [5, 5.41) is 20.3. The summed E-state index contributed by atoms with van der Waals surface area (Å²) in [4.78, 5) is 0. The summed E-state index contributed by atoms with van der Waals surface area (Å²) in [5.41, 5.74) is 8.48. The zero-order chi connectivity index (χ0) is 12.4. The van der Waals surface area contributed by atoms with Crippen molar-refractivity contribution < 1.29 is 5.11 Å². The number of fused-ring (bicyclic) bond motifs is 1. The summed E-state index contributed by atoms with van der Waals surface area (Å²) in [6.07, 6.45) is 1.75. The minimum absolute atomic E-state index is 0.153. The highest BCUT2D eigenvalue weighted by Gasteiger charge is 2.12. The number of H-pyrrole nitrogens is 1. The molecule has 5 N–H and O–H groups in total. The molecule has 2 unspecified atom stereocenters. The number of nitrogens with two attached hydrogens (primary N) is 1. The van der Waals surface area contributed by atoms with Crippen LogP contribution in [0.1, 0.15) is 13.8 Å². The molecule has 0 saturated heterocycles. The second-order valence-corrected chi connectivity index (χ2v) is 4.49. The highest BCUT2D eigenvalue weighted by atomic mass is 16.3. The molecular weight excluding hydrogens is 216 g/mol. The quantitative estimate of drug-likeness (QED) is 0.605. The Kier molecular flexibility index (Phi) is 3.19. The van der Waals surface area contributed by atoms with Crippen LogP contribution >= 0.6 is 0 Å². The Bertz CT molecular complexity index is 508. The Hall–Kier alpha value is -1.75. The zero-order valence-electron chi connectivity index (χ0n) is 10.1. The highest BCUT2D eigenvalue weighted by Crippen LogP contribution is 2.26. The van der Waals surface area contributed by atoms with Crippen LogP contribution in [0.4, 0.5) is 11.4 Å². The van der Waals surface area contributed by atoms with Crippen molar-refractivity contribution in [2.45, 2.75) is 19.9 Å². The van der Waals surface area contributed by atoms with Gasteiger partial charge in [-0.2, -0.15) is 5.10 Å². The fourth-order valence-corrected chi connectivity index (χ4v) is 1.68. The molecule has 0 fully saturated rings. The third kappa shape index (κ3) is 2.34. The number of aromatic nitrogens is 2. The third-order valence-electron chi connectivity index (χ3n) is 3.14. The Morgan fingerprint density at radius 2 is 2.24 bits per heavy atom. The van der Waals surface area contributed by atoms with E-state index in [2.05, 4.69) is 15.5 Å². The van der Waals surface area contributed by atoms with E-state index in [1.807, 2.05) is 26.0 Å². The molecular formula is C12H18N4O. The molecule has 0 bridgehead atoms. The van der Waals surface area contributed by atoms with Gasteiger partial charge in [-0.1, -0.05) is 6.92 Å². The number of rotatable bonds is 4. The molecule has 2 aromatic rings. The number of hydrogen-bond donors (Lipinski definition) is 4. The van der Waals surface area contributed by atoms with Crippen molar-refractivity contribution in [2.75, 3.05) is 17.7 Å². The van der Waals surface area contributed by atoms with E-state index in [0.717, 1.165) is 16.6 Å². The third-order valence-corrected chi connectivity index (χ3v) is 3.14. The van der Waals surface area contributed by atoms with Crippen LogP contribution in [0.5, 0.6) is 0 Å². The molecule has 0 spiro atoms. The van der Waals surface area contributed by atoms with Gasteiger partial charge in [0.2, 0.25) is 0 Å². The fraction of sp³-hybridized carbons (Fsp3) is 0.417. The van der Waals surface area contributed by atoms with Gasteiger partial charge in [-0.3, -0.25) is 5.10 Å². The van der Waals surface area contributed by atoms with Gasteiger partial charge in [0.05, 0.1) is 23.1 Å². The van der Waals surface area contributed by atoms with Crippen molar-refractivity contribution >= 4 is 22.3 Å². The molecule has 1 aromatic carbocycles. The second-order valence-electron chi connectivity index (χ2n) is 4.49. The Morgan fingerprint density at radius 3 is 2.94 bits per heavy atom. The van der Waals surface area contributed by atoms with Crippen molar-refractivity contribution in [1.29, 1.82) is 0 Å². The Morgan fingerprint density at radius 1 is 1.47 bits per heavy atom. The van der Waals surface area contributed by atoms with Crippen LogP contribution in [0.15, 0.2) is 18.3 Å². The van der Waals surface area contributed by atoms with E-state index in [0.29, 0.717) is 5.69 Å². The van der Waals surface area contributed by atoms with E-state index in [1.165, 1.54) is 0 Å². The van der Waals surface area contributed by atoms with Gasteiger partial charge in [0, 0.05) is 18.0 Å². The first-order valence-electron chi connectivity index (χ1n) is 5.72. The number of nitrogens with zero attached hydrogens (tertiary/aromatic N) is 1. The summed E-state index contributed by atoms with van der Waals surface area (Å²) in [7, 11) is 0. The second kappa shape index (κ2) is 4.63. The van der Waals surface area contributed by atoms with Crippen LogP contribution in [0.25, 0.3) is 10.9 Å². The van der Waals surface area contributed by atoms with Gasteiger partial charge < -0.3 is 16.2 Å². The molecule has 0 amide bonds.